The second kappa shape index (κ2) is 13.2. The quantitative estimate of drug-likeness (QED) is 0.146. The highest BCUT2D eigenvalue weighted by Gasteiger charge is 2.34. The Labute approximate surface area is 265 Å². The SMILES string of the molecule is CCOc1cc2c(cc1N(c1ccccc1)c1ccccc1)C(c1ccccc1C(=O)OC)c1ccc(N(CC)CC)cc1O2. The maximum atomic E-state index is 13.1. The number of carbonyl (C=O) groups excluding carboxylic acids is 1. The summed E-state index contributed by atoms with van der Waals surface area (Å²) in [5, 5.41) is 0. The van der Waals surface area contributed by atoms with Crippen molar-refractivity contribution in [2.75, 3.05) is 36.6 Å². The van der Waals surface area contributed by atoms with Crippen LogP contribution in [0.4, 0.5) is 22.7 Å². The van der Waals surface area contributed by atoms with Gasteiger partial charge in [-0.05, 0) is 68.8 Å². The molecule has 1 atom stereocenters. The van der Waals surface area contributed by atoms with Crippen LogP contribution in [0.1, 0.15) is 53.7 Å². The lowest BCUT2D eigenvalue weighted by atomic mass is 9.80. The van der Waals surface area contributed by atoms with E-state index in [4.69, 9.17) is 14.2 Å². The summed E-state index contributed by atoms with van der Waals surface area (Å²) in [6, 6.07) is 38.7. The molecule has 0 saturated carbocycles. The third-order valence-electron chi connectivity index (χ3n) is 8.31. The van der Waals surface area contributed by atoms with Crippen molar-refractivity contribution in [1.29, 1.82) is 0 Å². The first-order chi connectivity index (χ1) is 22.1. The van der Waals surface area contributed by atoms with E-state index in [2.05, 4.69) is 72.2 Å². The fraction of sp³-hybridized carbons (Fsp3) is 0.205. The van der Waals surface area contributed by atoms with E-state index >= 15 is 0 Å². The Hall–Kier alpha value is -5.23. The molecule has 6 rings (SSSR count). The molecule has 0 amide bonds. The van der Waals surface area contributed by atoms with Crippen LogP contribution in [0.15, 0.2) is 115 Å². The summed E-state index contributed by atoms with van der Waals surface area (Å²) in [7, 11) is 1.42. The molecular weight excluding hydrogens is 560 g/mol. The van der Waals surface area contributed by atoms with Crippen LogP contribution < -0.4 is 19.3 Å². The predicted molar refractivity (Wildman–Crippen MR) is 181 cm³/mol. The third kappa shape index (κ3) is 5.72. The Morgan fingerprint density at radius 3 is 1.93 bits per heavy atom. The van der Waals surface area contributed by atoms with E-state index in [1.807, 2.05) is 73.7 Å². The lowest BCUT2D eigenvalue weighted by molar-refractivity contribution is 0.0599. The molecule has 1 heterocycles. The Kier molecular flexibility index (Phi) is 8.74. The zero-order valence-electron chi connectivity index (χ0n) is 26.2. The zero-order chi connectivity index (χ0) is 31.3. The maximum absolute atomic E-state index is 13.1. The van der Waals surface area contributed by atoms with Gasteiger partial charge in [-0.25, -0.2) is 4.79 Å². The van der Waals surface area contributed by atoms with E-state index in [0.717, 1.165) is 58.3 Å². The van der Waals surface area contributed by atoms with Gasteiger partial charge in [0.1, 0.15) is 17.2 Å². The van der Waals surface area contributed by atoms with E-state index in [1.54, 1.807) is 0 Å². The Morgan fingerprint density at radius 1 is 0.689 bits per heavy atom. The largest absolute Gasteiger partial charge is 0.492 e. The number of benzene rings is 5. The molecule has 228 valence electrons. The number of fused-ring (bicyclic) bond motifs is 2. The molecule has 6 heteroatoms. The molecule has 0 N–H and O–H groups in total. The van der Waals surface area contributed by atoms with E-state index < -0.39 is 0 Å². The van der Waals surface area contributed by atoms with E-state index in [-0.39, 0.29) is 11.9 Å². The summed E-state index contributed by atoms with van der Waals surface area (Å²) in [6.07, 6.45) is 0. The molecule has 0 spiro atoms. The summed E-state index contributed by atoms with van der Waals surface area (Å²) in [6.45, 7) is 8.53. The first-order valence-corrected chi connectivity index (χ1v) is 15.5. The highest BCUT2D eigenvalue weighted by molar-refractivity contribution is 5.92. The van der Waals surface area contributed by atoms with Gasteiger partial charge in [-0.15, -0.1) is 0 Å². The highest BCUT2D eigenvalue weighted by Crippen LogP contribution is 2.53. The van der Waals surface area contributed by atoms with Gasteiger partial charge >= 0.3 is 5.97 Å². The lowest BCUT2D eigenvalue weighted by Gasteiger charge is -2.34. The molecule has 5 aromatic rings. The normalized spacial score (nSPS) is 13.2. The molecule has 45 heavy (non-hydrogen) atoms. The number of esters is 1. The molecule has 0 aromatic heterocycles. The Balaban J connectivity index is 1.63. The predicted octanol–water partition coefficient (Wildman–Crippen LogP) is 9.47. The number of anilines is 4. The average molecular weight is 599 g/mol. The number of rotatable bonds is 10. The van der Waals surface area contributed by atoms with Crippen LogP contribution in [-0.2, 0) is 4.74 Å². The average Bonchev–Trinajstić information content (AvgIpc) is 3.09. The van der Waals surface area contributed by atoms with Crippen LogP contribution in [0.5, 0.6) is 17.2 Å². The summed E-state index contributed by atoms with van der Waals surface area (Å²) >= 11 is 0. The van der Waals surface area contributed by atoms with Crippen LogP contribution in [0.2, 0.25) is 0 Å². The van der Waals surface area contributed by atoms with E-state index in [0.29, 0.717) is 23.7 Å². The smallest absolute Gasteiger partial charge is 0.338 e. The van der Waals surface area contributed by atoms with Crippen molar-refractivity contribution in [3.8, 4) is 17.2 Å². The first kappa shape index (κ1) is 29.8. The second-order valence-corrected chi connectivity index (χ2v) is 10.8. The monoisotopic (exact) mass is 598 g/mol. The topological polar surface area (TPSA) is 51.2 Å². The molecule has 0 radical (unpaired) electrons. The Bertz CT molecular complexity index is 1750. The van der Waals surface area contributed by atoms with Gasteiger partial charge in [0.2, 0.25) is 0 Å². The molecule has 1 unspecified atom stereocenters. The molecular formula is C39H38N2O4. The first-order valence-electron chi connectivity index (χ1n) is 15.5. The van der Waals surface area contributed by atoms with Crippen LogP contribution in [0.3, 0.4) is 0 Å². The van der Waals surface area contributed by atoms with Crippen LogP contribution in [-0.4, -0.2) is 32.8 Å². The van der Waals surface area contributed by atoms with Crippen molar-refractivity contribution in [3.63, 3.8) is 0 Å². The molecule has 5 aromatic carbocycles. The van der Waals surface area contributed by atoms with Crippen molar-refractivity contribution in [1.82, 2.24) is 0 Å². The fourth-order valence-electron chi connectivity index (χ4n) is 6.21. The van der Waals surface area contributed by atoms with Crippen molar-refractivity contribution in [3.05, 3.63) is 138 Å². The molecule has 0 fully saturated rings. The Morgan fingerprint density at radius 2 is 1.31 bits per heavy atom. The van der Waals surface area contributed by atoms with Crippen LogP contribution in [0.25, 0.3) is 0 Å². The molecule has 6 nitrogen and oxygen atoms in total. The number of nitrogens with zero attached hydrogens (tertiary/aromatic N) is 2. The number of para-hydroxylation sites is 2. The van der Waals surface area contributed by atoms with Gasteiger partial charge in [-0.1, -0.05) is 60.7 Å². The maximum Gasteiger partial charge on any atom is 0.338 e. The van der Waals surface area contributed by atoms with Gasteiger partial charge in [0.25, 0.3) is 0 Å². The third-order valence-corrected chi connectivity index (χ3v) is 8.31. The van der Waals surface area contributed by atoms with Gasteiger partial charge in [-0.3, -0.25) is 0 Å². The van der Waals surface area contributed by atoms with Crippen molar-refractivity contribution in [2.45, 2.75) is 26.7 Å². The van der Waals surface area contributed by atoms with Gasteiger partial charge in [-0.2, -0.15) is 0 Å². The minimum Gasteiger partial charge on any atom is -0.492 e. The minimum absolute atomic E-state index is 0.298. The van der Waals surface area contributed by atoms with Gasteiger partial charge in [0.15, 0.2) is 0 Å². The number of hydrogen-bond donors (Lipinski definition) is 0. The number of carbonyl (C=O) groups is 1. The van der Waals surface area contributed by atoms with Crippen molar-refractivity contribution in [2.24, 2.45) is 0 Å². The molecule has 0 bridgehead atoms. The number of ether oxygens (including phenoxy) is 3. The summed E-state index contributed by atoms with van der Waals surface area (Å²) in [5.74, 6) is 1.48. The molecule has 0 aliphatic carbocycles. The van der Waals surface area contributed by atoms with Gasteiger partial charge in [0.05, 0.1) is 25.0 Å². The van der Waals surface area contributed by atoms with Crippen molar-refractivity contribution < 1.29 is 19.0 Å². The lowest BCUT2D eigenvalue weighted by Crippen LogP contribution is -2.22. The second-order valence-electron chi connectivity index (χ2n) is 10.8. The minimum atomic E-state index is -0.374. The van der Waals surface area contributed by atoms with Gasteiger partial charge in [0, 0.05) is 59.3 Å². The summed E-state index contributed by atoms with van der Waals surface area (Å²) in [4.78, 5) is 17.6. The molecule has 0 saturated heterocycles. The summed E-state index contributed by atoms with van der Waals surface area (Å²) in [5.41, 5.74) is 7.25. The fourth-order valence-corrected chi connectivity index (χ4v) is 6.21. The van der Waals surface area contributed by atoms with Crippen LogP contribution in [0, 0.1) is 0 Å². The van der Waals surface area contributed by atoms with Crippen LogP contribution >= 0.6 is 0 Å². The highest BCUT2D eigenvalue weighted by atomic mass is 16.5. The van der Waals surface area contributed by atoms with E-state index in [9.17, 15) is 4.79 Å². The molecule has 1 aliphatic heterocycles. The molecule has 1 aliphatic rings. The number of methoxy groups -OCH3 is 1. The zero-order valence-corrected chi connectivity index (χ0v) is 26.2. The van der Waals surface area contributed by atoms with Gasteiger partial charge < -0.3 is 24.0 Å². The van der Waals surface area contributed by atoms with Crippen molar-refractivity contribution >= 4 is 28.7 Å². The number of hydrogen-bond acceptors (Lipinski definition) is 6. The van der Waals surface area contributed by atoms with E-state index in [1.165, 1.54) is 7.11 Å². The summed E-state index contributed by atoms with van der Waals surface area (Å²) < 4.78 is 18.3. The standard InChI is InChI=1S/C39H38N2O4/c1-5-40(6-2)29-22-23-32-35(24-29)45-36-26-37(44-7-3)34(41(27-16-10-8-11-17-27)28-18-12-9-13-19-28)25-33(36)38(32)30-20-14-15-21-31(30)39(42)43-4/h8-26,38H,5-7H2,1-4H3.